The fourth-order valence-corrected chi connectivity index (χ4v) is 2.25. The number of amides is 2. The molecule has 2 unspecified atom stereocenters. The van der Waals surface area contributed by atoms with Gasteiger partial charge < -0.3 is 26.6 Å². The minimum absolute atomic E-state index is 0.0536. The van der Waals surface area contributed by atoms with E-state index in [2.05, 4.69) is 10.6 Å². The number of carbonyl (C=O) groups is 4. The Kier molecular flexibility index (Phi) is 9.99. The van der Waals surface area contributed by atoms with Crippen LogP contribution < -0.4 is 16.4 Å². The number of aliphatic carboxylic acids is 2. The number of nitrogens with two attached hydrogens (primary N) is 1. The number of rotatable bonds is 11. The Morgan fingerprint density at radius 3 is 2.26 bits per heavy atom. The Balaban J connectivity index is 4.54. The van der Waals surface area contributed by atoms with Crippen molar-refractivity contribution >= 4 is 35.5 Å². The summed E-state index contributed by atoms with van der Waals surface area (Å²) in [5, 5.41) is 22.1. The average molecular weight is 349 g/mol. The molecule has 0 aliphatic carbocycles. The van der Waals surface area contributed by atoms with Crippen LogP contribution in [0, 0.1) is 0 Å². The first-order valence-electron chi connectivity index (χ1n) is 7.02. The third-order valence-electron chi connectivity index (χ3n) is 2.66. The fourth-order valence-electron chi connectivity index (χ4n) is 1.43. The maximum Gasteiger partial charge on any atom is 0.322 e. The monoisotopic (exact) mass is 349 g/mol. The zero-order valence-electron chi connectivity index (χ0n) is 13.1. The number of hydrogen-bond donors (Lipinski definition) is 5. The predicted molar refractivity (Wildman–Crippen MR) is 85.0 cm³/mol. The van der Waals surface area contributed by atoms with Crippen molar-refractivity contribution in [2.75, 3.05) is 12.3 Å². The summed E-state index contributed by atoms with van der Waals surface area (Å²) in [6, 6.07) is -2.04. The van der Waals surface area contributed by atoms with Gasteiger partial charge in [0.1, 0.15) is 18.6 Å². The third kappa shape index (κ3) is 10.5. The van der Waals surface area contributed by atoms with Crippen LogP contribution in [0.4, 0.5) is 0 Å². The molecule has 23 heavy (non-hydrogen) atoms. The van der Waals surface area contributed by atoms with Crippen molar-refractivity contribution in [1.82, 2.24) is 10.6 Å². The molecule has 0 aromatic carbocycles. The summed E-state index contributed by atoms with van der Waals surface area (Å²) in [6.07, 6.45) is -0.190. The number of nitrogens with one attached hydrogen (secondary N) is 2. The van der Waals surface area contributed by atoms with E-state index in [1.807, 2.05) is 13.8 Å². The lowest BCUT2D eigenvalue weighted by molar-refractivity contribution is -0.139. The lowest BCUT2D eigenvalue weighted by Gasteiger charge is -2.19. The van der Waals surface area contributed by atoms with Crippen molar-refractivity contribution in [2.24, 2.45) is 5.73 Å². The SMILES string of the molecule is CC(C)SCC(NC(=O)CCC(N)C(=O)O)C(=O)NCC(=O)O. The number of carboxylic acids is 2. The second-order valence-electron chi connectivity index (χ2n) is 5.10. The summed E-state index contributed by atoms with van der Waals surface area (Å²) < 4.78 is 0. The number of carboxylic acid groups (broad SMARTS) is 2. The van der Waals surface area contributed by atoms with E-state index in [-0.39, 0.29) is 23.8 Å². The summed E-state index contributed by atoms with van der Waals surface area (Å²) in [6.45, 7) is 3.30. The molecule has 10 heteroatoms. The largest absolute Gasteiger partial charge is 0.480 e. The highest BCUT2D eigenvalue weighted by Crippen LogP contribution is 2.11. The van der Waals surface area contributed by atoms with Crippen LogP contribution in [0.3, 0.4) is 0 Å². The molecule has 0 saturated heterocycles. The molecule has 0 bridgehead atoms. The van der Waals surface area contributed by atoms with E-state index in [1.54, 1.807) is 0 Å². The van der Waals surface area contributed by atoms with Crippen LogP contribution in [0.15, 0.2) is 0 Å². The van der Waals surface area contributed by atoms with Crippen LogP contribution in [0.25, 0.3) is 0 Å². The molecule has 0 heterocycles. The molecule has 132 valence electrons. The molecule has 0 rings (SSSR count). The summed E-state index contributed by atoms with van der Waals surface area (Å²) in [4.78, 5) is 44.8. The Hall–Kier alpha value is -1.81. The summed E-state index contributed by atoms with van der Waals surface area (Å²) in [7, 11) is 0. The lowest BCUT2D eigenvalue weighted by atomic mass is 10.1. The molecule has 0 aliphatic rings. The highest BCUT2D eigenvalue weighted by atomic mass is 32.2. The Labute approximate surface area is 138 Å². The van der Waals surface area contributed by atoms with Gasteiger partial charge in [-0.15, -0.1) is 0 Å². The van der Waals surface area contributed by atoms with E-state index < -0.39 is 42.4 Å². The second kappa shape index (κ2) is 10.8. The molecule has 0 aromatic rings. The highest BCUT2D eigenvalue weighted by molar-refractivity contribution is 7.99. The van der Waals surface area contributed by atoms with Gasteiger partial charge in [-0.25, -0.2) is 0 Å². The summed E-state index contributed by atoms with van der Waals surface area (Å²) >= 11 is 1.43. The smallest absolute Gasteiger partial charge is 0.322 e. The van der Waals surface area contributed by atoms with E-state index in [0.29, 0.717) is 0 Å². The van der Waals surface area contributed by atoms with E-state index in [0.717, 1.165) is 0 Å². The van der Waals surface area contributed by atoms with Gasteiger partial charge in [-0.05, 0) is 11.7 Å². The van der Waals surface area contributed by atoms with Gasteiger partial charge in [-0.3, -0.25) is 19.2 Å². The van der Waals surface area contributed by atoms with Gasteiger partial charge >= 0.3 is 11.9 Å². The molecule has 0 aromatic heterocycles. The number of carbonyl (C=O) groups excluding carboxylic acids is 2. The standard InChI is InChI=1S/C13H23N3O6S/c1-7(2)23-6-9(12(20)15-5-11(18)19)16-10(17)4-3-8(14)13(21)22/h7-9H,3-6,14H2,1-2H3,(H,15,20)(H,16,17)(H,18,19)(H,21,22). The van der Waals surface area contributed by atoms with Crippen molar-refractivity contribution in [2.45, 2.75) is 44.0 Å². The van der Waals surface area contributed by atoms with E-state index in [1.165, 1.54) is 11.8 Å². The van der Waals surface area contributed by atoms with Crippen molar-refractivity contribution in [3.05, 3.63) is 0 Å². The van der Waals surface area contributed by atoms with E-state index >= 15 is 0 Å². The zero-order chi connectivity index (χ0) is 18.0. The zero-order valence-corrected chi connectivity index (χ0v) is 13.9. The molecule has 2 atom stereocenters. The molecule has 6 N–H and O–H groups in total. The number of thioether (sulfide) groups is 1. The van der Waals surface area contributed by atoms with Crippen molar-refractivity contribution in [1.29, 1.82) is 0 Å². The second-order valence-corrected chi connectivity index (χ2v) is 6.71. The van der Waals surface area contributed by atoms with Crippen LogP contribution in [-0.4, -0.2) is 63.6 Å². The molecule has 0 saturated carbocycles. The van der Waals surface area contributed by atoms with Gasteiger partial charge in [0.2, 0.25) is 11.8 Å². The normalized spacial score (nSPS) is 13.2. The van der Waals surface area contributed by atoms with Crippen LogP contribution in [0.5, 0.6) is 0 Å². The van der Waals surface area contributed by atoms with Gasteiger partial charge in [0, 0.05) is 12.2 Å². The van der Waals surface area contributed by atoms with Crippen molar-refractivity contribution < 1.29 is 29.4 Å². The quantitative estimate of drug-likeness (QED) is 0.318. The molecule has 0 spiro atoms. The Bertz CT molecular complexity index is 443. The van der Waals surface area contributed by atoms with Gasteiger partial charge in [-0.2, -0.15) is 11.8 Å². The first-order valence-corrected chi connectivity index (χ1v) is 8.07. The topological polar surface area (TPSA) is 159 Å². The Morgan fingerprint density at radius 2 is 1.78 bits per heavy atom. The van der Waals surface area contributed by atoms with Gasteiger partial charge in [-0.1, -0.05) is 13.8 Å². The van der Waals surface area contributed by atoms with Crippen molar-refractivity contribution in [3.63, 3.8) is 0 Å². The highest BCUT2D eigenvalue weighted by Gasteiger charge is 2.22. The molecule has 2 amide bonds. The molecular formula is C13H23N3O6S. The maximum atomic E-state index is 11.9. The minimum atomic E-state index is -1.20. The van der Waals surface area contributed by atoms with Crippen LogP contribution in [0.1, 0.15) is 26.7 Å². The molecule has 0 fully saturated rings. The third-order valence-corrected chi connectivity index (χ3v) is 3.85. The average Bonchev–Trinajstić information content (AvgIpc) is 2.45. The summed E-state index contributed by atoms with van der Waals surface area (Å²) in [5.41, 5.74) is 5.31. The van der Waals surface area contributed by atoms with Gasteiger partial charge in [0.15, 0.2) is 0 Å². The van der Waals surface area contributed by atoms with Crippen LogP contribution >= 0.6 is 11.8 Å². The number of hydrogen-bond acceptors (Lipinski definition) is 6. The summed E-state index contributed by atoms with van der Waals surface area (Å²) in [5.74, 6) is -3.23. The van der Waals surface area contributed by atoms with Crippen LogP contribution in [0.2, 0.25) is 0 Å². The van der Waals surface area contributed by atoms with E-state index in [4.69, 9.17) is 15.9 Å². The molecule has 9 nitrogen and oxygen atoms in total. The van der Waals surface area contributed by atoms with E-state index in [9.17, 15) is 19.2 Å². The Morgan fingerprint density at radius 1 is 1.17 bits per heavy atom. The fraction of sp³-hybridized carbons (Fsp3) is 0.692. The first-order chi connectivity index (χ1) is 10.6. The molecule has 0 aliphatic heterocycles. The van der Waals surface area contributed by atoms with Gasteiger partial charge in [0.25, 0.3) is 0 Å². The first kappa shape index (κ1) is 21.2. The van der Waals surface area contributed by atoms with Gasteiger partial charge in [0.05, 0.1) is 0 Å². The minimum Gasteiger partial charge on any atom is -0.480 e. The molecular weight excluding hydrogens is 326 g/mol. The van der Waals surface area contributed by atoms with Crippen molar-refractivity contribution in [3.8, 4) is 0 Å². The maximum absolute atomic E-state index is 11.9. The lowest BCUT2D eigenvalue weighted by Crippen LogP contribution is -2.49. The molecule has 0 radical (unpaired) electrons. The van der Waals surface area contributed by atoms with Crippen LogP contribution in [-0.2, 0) is 19.2 Å². The predicted octanol–water partition coefficient (Wildman–Crippen LogP) is -0.994.